The zero-order valence-electron chi connectivity index (χ0n) is 11.8. The van der Waals surface area contributed by atoms with Crippen molar-refractivity contribution in [2.24, 2.45) is 0 Å². The third-order valence-electron chi connectivity index (χ3n) is 3.23. The number of hydrogen-bond acceptors (Lipinski definition) is 1. The van der Waals surface area contributed by atoms with Crippen LogP contribution in [0.15, 0.2) is 0 Å². The van der Waals surface area contributed by atoms with E-state index < -0.39 is 0 Å². The van der Waals surface area contributed by atoms with Crippen molar-refractivity contribution in [2.45, 2.75) is 78.6 Å². The fourth-order valence-electron chi connectivity index (χ4n) is 2.08. The van der Waals surface area contributed by atoms with Crippen LogP contribution < -0.4 is 0 Å². The Hall–Kier alpha value is -0.790. The fraction of sp³-hybridized carbons (Fsp3) is 0.800. The van der Waals surface area contributed by atoms with Gasteiger partial charge in [0.05, 0.1) is 5.69 Å². The number of rotatable bonds is 9. The Bertz CT molecular complexity index is 276. The quantitative estimate of drug-likeness (QED) is 0.674. The summed E-state index contributed by atoms with van der Waals surface area (Å²) >= 11 is 0. The molecule has 0 aliphatic rings. The van der Waals surface area contributed by atoms with E-state index in [0.717, 1.165) is 12.8 Å². The van der Waals surface area contributed by atoms with Gasteiger partial charge in [-0.3, -0.25) is 0 Å². The largest absolute Gasteiger partial charge is 0.346 e. The van der Waals surface area contributed by atoms with Crippen LogP contribution in [0.25, 0.3) is 0 Å². The number of aromatic nitrogens is 2. The van der Waals surface area contributed by atoms with Crippen molar-refractivity contribution in [3.05, 3.63) is 17.2 Å². The minimum atomic E-state index is 1.11. The second-order valence-corrected chi connectivity index (χ2v) is 4.92. The van der Waals surface area contributed by atoms with E-state index in [1.807, 2.05) is 0 Å². The Morgan fingerprint density at radius 1 is 0.824 bits per heavy atom. The molecular formula is C15H28N2. The number of unbranched alkanes of at least 4 members (excludes halogenated alkanes) is 3. The fourth-order valence-corrected chi connectivity index (χ4v) is 2.08. The second-order valence-electron chi connectivity index (χ2n) is 4.92. The van der Waals surface area contributed by atoms with Gasteiger partial charge in [0.2, 0.25) is 0 Å². The SMILES string of the molecule is CCCCc1nc(CCCC)c(CCCC)[nH]1. The van der Waals surface area contributed by atoms with Crippen molar-refractivity contribution in [3.8, 4) is 0 Å². The molecule has 0 aliphatic heterocycles. The lowest BCUT2D eigenvalue weighted by molar-refractivity contribution is 0.741. The molecule has 1 rings (SSSR count). The zero-order chi connectivity index (χ0) is 12.5. The molecule has 0 amide bonds. The number of H-pyrrole nitrogens is 1. The van der Waals surface area contributed by atoms with E-state index in [2.05, 4.69) is 25.8 Å². The lowest BCUT2D eigenvalue weighted by Gasteiger charge is -2.00. The topological polar surface area (TPSA) is 28.7 Å². The molecule has 1 aromatic heterocycles. The molecule has 0 aliphatic carbocycles. The van der Waals surface area contributed by atoms with Gasteiger partial charge in [0.15, 0.2) is 0 Å². The zero-order valence-corrected chi connectivity index (χ0v) is 11.8. The Morgan fingerprint density at radius 3 is 2.06 bits per heavy atom. The summed E-state index contributed by atoms with van der Waals surface area (Å²) in [5.41, 5.74) is 2.75. The normalized spacial score (nSPS) is 11.0. The highest BCUT2D eigenvalue weighted by molar-refractivity contribution is 5.15. The van der Waals surface area contributed by atoms with Gasteiger partial charge in [-0.05, 0) is 32.1 Å². The van der Waals surface area contributed by atoms with Crippen molar-refractivity contribution < 1.29 is 0 Å². The van der Waals surface area contributed by atoms with E-state index in [-0.39, 0.29) is 0 Å². The number of nitrogens with one attached hydrogen (secondary N) is 1. The van der Waals surface area contributed by atoms with Crippen LogP contribution in [0.5, 0.6) is 0 Å². The van der Waals surface area contributed by atoms with Gasteiger partial charge in [-0.2, -0.15) is 0 Å². The number of nitrogens with zero attached hydrogens (tertiary/aromatic N) is 1. The minimum absolute atomic E-state index is 1.11. The predicted molar refractivity (Wildman–Crippen MR) is 74.4 cm³/mol. The highest BCUT2D eigenvalue weighted by atomic mass is 14.9. The highest BCUT2D eigenvalue weighted by Crippen LogP contribution is 2.14. The summed E-state index contributed by atoms with van der Waals surface area (Å²) in [5.74, 6) is 1.21. The second kappa shape index (κ2) is 8.32. The molecule has 1 aromatic rings. The lowest BCUT2D eigenvalue weighted by Crippen LogP contribution is -1.93. The van der Waals surface area contributed by atoms with Crippen LogP contribution in [0, 0.1) is 0 Å². The number of aryl methyl sites for hydroxylation is 3. The molecule has 0 unspecified atom stereocenters. The smallest absolute Gasteiger partial charge is 0.106 e. The average molecular weight is 236 g/mol. The molecule has 0 atom stereocenters. The molecule has 17 heavy (non-hydrogen) atoms. The van der Waals surface area contributed by atoms with E-state index in [0.29, 0.717) is 0 Å². The molecule has 98 valence electrons. The summed E-state index contributed by atoms with van der Waals surface area (Å²) in [6, 6.07) is 0. The molecule has 0 radical (unpaired) electrons. The van der Waals surface area contributed by atoms with Crippen molar-refractivity contribution in [3.63, 3.8) is 0 Å². The maximum absolute atomic E-state index is 4.78. The van der Waals surface area contributed by atoms with Crippen molar-refractivity contribution >= 4 is 0 Å². The van der Waals surface area contributed by atoms with E-state index in [4.69, 9.17) is 4.98 Å². The molecule has 1 N–H and O–H groups in total. The van der Waals surface area contributed by atoms with Crippen molar-refractivity contribution in [1.82, 2.24) is 9.97 Å². The molecular weight excluding hydrogens is 208 g/mol. The average Bonchev–Trinajstić information content (AvgIpc) is 2.73. The van der Waals surface area contributed by atoms with Gasteiger partial charge in [-0.1, -0.05) is 40.0 Å². The van der Waals surface area contributed by atoms with Crippen LogP contribution in [0.3, 0.4) is 0 Å². The van der Waals surface area contributed by atoms with Crippen LogP contribution in [0.2, 0.25) is 0 Å². The maximum Gasteiger partial charge on any atom is 0.106 e. The summed E-state index contributed by atoms with van der Waals surface area (Å²) in [6.45, 7) is 6.73. The standard InChI is InChI=1S/C15H28N2/c1-4-7-10-13-14(11-8-5-2)17-15(16-13)12-9-6-3/h4-12H2,1-3H3,(H,16,17). The molecule has 1 heterocycles. The first-order valence-corrected chi connectivity index (χ1v) is 7.38. The Labute approximate surface area is 106 Å². The third-order valence-corrected chi connectivity index (χ3v) is 3.23. The first-order chi connectivity index (χ1) is 8.31. The number of aromatic amines is 1. The van der Waals surface area contributed by atoms with E-state index in [1.165, 1.54) is 62.2 Å². The third kappa shape index (κ3) is 4.93. The maximum atomic E-state index is 4.78. The first-order valence-electron chi connectivity index (χ1n) is 7.38. The summed E-state index contributed by atoms with van der Waals surface area (Å²) in [4.78, 5) is 8.33. The van der Waals surface area contributed by atoms with E-state index in [1.54, 1.807) is 0 Å². The Kier molecular flexibility index (Phi) is 6.99. The minimum Gasteiger partial charge on any atom is -0.346 e. The molecule has 0 bridgehead atoms. The summed E-state index contributed by atoms with van der Waals surface area (Å²) in [5, 5.41) is 0. The van der Waals surface area contributed by atoms with Gasteiger partial charge in [0.1, 0.15) is 5.82 Å². The highest BCUT2D eigenvalue weighted by Gasteiger charge is 2.09. The van der Waals surface area contributed by atoms with Crippen LogP contribution in [0.4, 0.5) is 0 Å². The summed E-state index contributed by atoms with van der Waals surface area (Å²) in [6.07, 6.45) is 11.0. The van der Waals surface area contributed by atoms with Crippen molar-refractivity contribution in [2.75, 3.05) is 0 Å². The van der Waals surface area contributed by atoms with Gasteiger partial charge in [-0.15, -0.1) is 0 Å². The molecule has 0 saturated heterocycles. The van der Waals surface area contributed by atoms with Gasteiger partial charge < -0.3 is 4.98 Å². The van der Waals surface area contributed by atoms with Crippen LogP contribution >= 0.6 is 0 Å². The van der Waals surface area contributed by atoms with E-state index in [9.17, 15) is 0 Å². The molecule has 0 aromatic carbocycles. The molecule has 2 nitrogen and oxygen atoms in total. The van der Waals surface area contributed by atoms with Crippen LogP contribution in [-0.4, -0.2) is 9.97 Å². The monoisotopic (exact) mass is 236 g/mol. The van der Waals surface area contributed by atoms with Crippen LogP contribution in [-0.2, 0) is 19.3 Å². The van der Waals surface area contributed by atoms with Crippen molar-refractivity contribution in [1.29, 1.82) is 0 Å². The van der Waals surface area contributed by atoms with E-state index >= 15 is 0 Å². The van der Waals surface area contributed by atoms with Gasteiger partial charge >= 0.3 is 0 Å². The summed E-state index contributed by atoms with van der Waals surface area (Å²) < 4.78 is 0. The molecule has 0 saturated carbocycles. The first kappa shape index (κ1) is 14.3. The van der Waals surface area contributed by atoms with Crippen LogP contribution in [0.1, 0.15) is 76.5 Å². The summed E-state index contributed by atoms with van der Waals surface area (Å²) in [7, 11) is 0. The number of hydrogen-bond donors (Lipinski definition) is 1. The predicted octanol–water partition coefficient (Wildman–Crippen LogP) is 4.44. The molecule has 2 heteroatoms. The number of imidazole rings is 1. The Balaban J connectivity index is 2.64. The van der Waals surface area contributed by atoms with Gasteiger partial charge in [-0.25, -0.2) is 4.98 Å². The van der Waals surface area contributed by atoms with Gasteiger partial charge in [0.25, 0.3) is 0 Å². The van der Waals surface area contributed by atoms with Gasteiger partial charge in [0, 0.05) is 12.1 Å². The Morgan fingerprint density at radius 2 is 1.41 bits per heavy atom. The molecule has 0 spiro atoms. The lowest BCUT2D eigenvalue weighted by atomic mass is 10.1. The molecule has 0 fully saturated rings.